The number of nitro groups is 1. The first kappa shape index (κ1) is 16.9. The molecule has 1 saturated heterocycles. The summed E-state index contributed by atoms with van der Waals surface area (Å²) in [4.78, 5) is 22.0. The Morgan fingerprint density at radius 3 is 2.95 bits per heavy atom. The predicted molar refractivity (Wildman–Crippen MR) is 80.8 cm³/mol. The van der Waals surface area contributed by atoms with Crippen LogP contribution in [0.5, 0.6) is 0 Å². The highest BCUT2D eigenvalue weighted by atomic mass is 35.5. The number of carbonyl (C=O) groups is 1. The van der Waals surface area contributed by atoms with Crippen molar-refractivity contribution in [3.63, 3.8) is 0 Å². The van der Waals surface area contributed by atoms with Crippen molar-refractivity contribution >= 4 is 34.7 Å². The molecule has 0 spiro atoms. The van der Waals surface area contributed by atoms with E-state index in [1.807, 2.05) is 0 Å². The Labute approximate surface area is 127 Å². The number of thiophene rings is 1. The minimum atomic E-state index is -0.478. The molecule has 112 valence electrons. The number of hydrogen-bond donors (Lipinski definition) is 2. The largest absolute Gasteiger partial charge is 0.351 e. The van der Waals surface area contributed by atoms with Gasteiger partial charge in [0, 0.05) is 24.5 Å². The van der Waals surface area contributed by atoms with Crippen LogP contribution in [0.1, 0.15) is 30.1 Å². The molecular formula is C12H18ClN3O3S. The Morgan fingerprint density at radius 1 is 1.65 bits per heavy atom. The lowest BCUT2D eigenvalue weighted by molar-refractivity contribution is -0.380. The van der Waals surface area contributed by atoms with Gasteiger partial charge in [-0.25, -0.2) is 0 Å². The molecule has 8 heteroatoms. The van der Waals surface area contributed by atoms with Crippen LogP contribution in [0.4, 0.5) is 5.00 Å². The van der Waals surface area contributed by atoms with E-state index in [9.17, 15) is 14.9 Å². The van der Waals surface area contributed by atoms with Gasteiger partial charge in [0.2, 0.25) is 0 Å². The van der Waals surface area contributed by atoms with Gasteiger partial charge in [-0.2, -0.15) is 0 Å². The summed E-state index contributed by atoms with van der Waals surface area (Å²) in [5.41, 5.74) is 0.430. The van der Waals surface area contributed by atoms with Crippen LogP contribution >= 0.6 is 23.7 Å². The Kier molecular flexibility index (Phi) is 5.91. The first-order valence-electron chi connectivity index (χ1n) is 6.22. The molecule has 1 amide bonds. The summed E-state index contributed by atoms with van der Waals surface area (Å²) >= 11 is 0.974. The molecule has 2 rings (SSSR count). The number of rotatable bonds is 4. The SMILES string of the molecule is CC1(CNC(=O)c2csc([N+](=O)[O-])c2)CCCNC1.Cl. The zero-order valence-electron chi connectivity index (χ0n) is 11.2. The fourth-order valence-electron chi connectivity index (χ4n) is 2.21. The fourth-order valence-corrected chi connectivity index (χ4v) is 2.91. The number of hydrogen-bond acceptors (Lipinski definition) is 5. The average molecular weight is 320 g/mol. The lowest BCUT2D eigenvalue weighted by Crippen LogP contribution is -2.45. The second kappa shape index (κ2) is 7.01. The van der Waals surface area contributed by atoms with Gasteiger partial charge in [-0.3, -0.25) is 14.9 Å². The van der Waals surface area contributed by atoms with Crippen molar-refractivity contribution in [3.05, 3.63) is 27.1 Å². The maximum absolute atomic E-state index is 11.9. The molecule has 0 saturated carbocycles. The van der Waals surface area contributed by atoms with E-state index in [0.717, 1.165) is 37.3 Å². The van der Waals surface area contributed by atoms with E-state index in [4.69, 9.17) is 0 Å². The molecule has 1 aliphatic heterocycles. The number of nitrogens with one attached hydrogen (secondary N) is 2. The number of piperidine rings is 1. The summed E-state index contributed by atoms with van der Waals surface area (Å²) in [6.45, 7) is 4.63. The zero-order valence-corrected chi connectivity index (χ0v) is 12.8. The third-order valence-electron chi connectivity index (χ3n) is 3.39. The lowest BCUT2D eigenvalue weighted by Gasteiger charge is -2.34. The van der Waals surface area contributed by atoms with Crippen LogP contribution in [0.3, 0.4) is 0 Å². The van der Waals surface area contributed by atoms with E-state index in [0.29, 0.717) is 12.1 Å². The van der Waals surface area contributed by atoms with E-state index in [1.165, 1.54) is 11.4 Å². The molecule has 1 aliphatic rings. The van der Waals surface area contributed by atoms with Crippen LogP contribution in [0, 0.1) is 15.5 Å². The fraction of sp³-hybridized carbons (Fsp3) is 0.583. The molecule has 1 aromatic heterocycles. The Morgan fingerprint density at radius 2 is 2.40 bits per heavy atom. The molecule has 1 fully saturated rings. The van der Waals surface area contributed by atoms with Crippen molar-refractivity contribution < 1.29 is 9.72 Å². The minimum absolute atomic E-state index is 0. The summed E-state index contributed by atoms with van der Waals surface area (Å²) in [6, 6.07) is 1.32. The predicted octanol–water partition coefficient (Wildman–Crippen LogP) is 2.20. The first-order chi connectivity index (χ1) is 9.00. The van der Waals surface area contributed by atoms with Crippen LogP contribution in [0.15, 0.2) is 11.4 Å². The Bertz CT molecular complexity index is 486. The van der Waals surface area contributed by atoms with Crippen molar-refractivity contribution in [1.29, 1.82) is 0 Å². The van der Waals surface area contributed by atoms with Crippen LogP contribution in [-0.2, 0) is 0 Å². The van der Waals surface area contributed by atoms with E-state index in [1.54, 1.807) is 0 Å². The van der Waals surface area contributed by atoms with Crippen molar-refractivity contribution in [2.75, 3.05) is 19.6 Å². The minimum Gasteiger partial charge on any atom is -0.351 e. The summed E-state index contributed by atoms with van der Waals surface area (Å²) in [7, 11) is 0. The van der Waals surface area contributed by atoms with Gasteiger partial charge in [0.15, 0.2) is 0 Å². The quantitative estimate of drug-likeness (QED) is 0.658. The molecule has 0 aromatic carbocycles. The highest BCUT2D eigenvalue weighted by molar-refractivity contribution is 7.13. The van der Waals surface area contributed by atoms with Gasteiger partial charge in [0.25, 0.3) is 5.91 Å². The number of halogens is 1. The van der Waals surface area contributed by atoms with Gasteiger partial charge in [0.1, 0.15) is 0 Å². The summed E-state index contributed by atoms with van der Waals surface area (Å²) in [5.74, 6) is -0.240. The van der Waals surface area contributed by atoms with Gasteiger partial charge < -0.3 is 10.6 Å². The summed E-state index contributed by atoms with van der Waals surface area (Å²) < 4.78 is 0. The molecule has 2 heterocycles. The molecule has 0 radical (unpaired) electrons. The zero-order chi connectivity index (χ0) is 13.9. The molecule has 1 aromatic rings. The van der Waals surface area contributed by atoms with Crippen molar-refractivity contribution in [2.24, 2.45) is 5.41 Å². The molecular weight excluding hydrogens is 302 g/mol. The third-order valence-corrected chi connectivity index (χ3v) is 4.27. The van der Waals surface area contributed by atoms with Gasteiger partial charge in [-0.05, 0) is 24.8 Å². The van der Waals surface area contributed by atoms with Crippen LogP contribution in [-0.4, -0.2) is 30.5 Å². The van der Waals surface area contributed by atoms with Crippen molar-refractivity contribution in [1.82, 2.24) is 10.6 Å². The van der Waals surface area contributed by atoms with E-state index >= 15 is 0 Å². The topological polar surface area (TPSA) is 84.3 Å². The smallest absolute Gasteiger partial charge is 0.324 e. The Balaban J connectivity index is 0.00000200. The van der Waals surface area contributed by atoms with Crippen LogP contribution in [0.2, 0.25) is 0 Å². The monoisotopic (exact) mass is 319 g/mol. The molecule has 0 aliphatic carbocycles. The summed E-state index contributed by atoms with van der Waals surface area (Å²) in [6.07, 6.45) is 2.18. The maximum Gasteiger partial charge on any atom is 0.324 e. The normalized spacial score (nSPS) is 21.9. The molecule has 20 heavy (non-hydrogen) atoms. The second-order valence-corrected chi connectivity index (χ2v) is 6.09. The Hall–Kier alpha value is -1.18. The molecule has 2 N–H and O–H groups in total. The standard InChI is InChI=1S/C12H17N3O3S.ClH/c1-12(3-2-4-13-7-12)8-14-11(16)9-5-10(15(17)18)19-6-9;/h5-6,13H,2-4,7-8H2,1H3,(H,14,16);1H. The number of nitrogens with zero attached hydrogens (tertiary/aromatic N) is 1. The highest BCUT2D eigenvalue weighted by Gasteiger charge is 2.27. The highest BCUT2D eigenvalue weighted by Crippen LogP contribution is 2.25. The average Bonchev–Trinajstić information content (AvgIpc) is 2.87. The van der Waals surface area contributed by atoms with Crippen molar-refractivity contribution in [3.8, 4) is 0 Å². The summed E-state index contributed by atoms with van der Waals surface area (Å²) in [5, 5.41) is 18.3. The molecule has 0 bridgehead atoms. The van der Waals surface area contributed by atoms with Gasteiger partial charge in [0.05, 0.1) is 10.5 Å². The van der Waals surface area contributed by atoms with Gasteiger partial charge >= 0.3 is 5.00 Å². The first-order valence-corrected chi connectivity index (χ1v) is 7.10. The van der Waals surface area contributed by atoms with Crippen molar-refractivity contribution in [2.45, 2.75) is 19.8 Å². The van der Waals surface area contributed by atoms with E-state index in [2.05, 4.69) is 17.6 Å². The molecule has 1 atom stereocenters. The van der Waals surface area contributed by atoms with E-state index < -0.39 is 4.92 Å². The lowest BCUT2D eigenvalue weighted by atomic mass is 9.83. The van der Waals surface area contributed by atoms with Gasteiger partial charge in [-0.15, -0.1) is 12.4 Å². The van der Waals surface area contributed by atoms with Gasteiger partial charge in [-0.1, -0.05) is 18.3 Å². The second-order valence-electron chi connectivity index (χ2n) is 5.20. The van der Waals surface area contributed by atoms with E-state index in [-0.39, 0.29) is 28.7 Å². The van der Waals surface area contributed by atoms with Crippen LogP contribution < -0.4 is 10.6 Å². The molecule has 1 unspecified atom stereocenters. The maximum atomic E-state index is 11.9. The number of carbonyl (C=O) groups excluding carboxylic acids is 1. The molecule has 6 nitrogen and oxygen atoms in total. The third kappa shape index (κ3) is 4.16. The van der Waals surface area contributed by atoms with Crippen LogP contribution in [0.25, 0.3) is 0 Å². The number of amides is 1.